The molecule has 31 heavy (non-hydrogen) atoms. The number of hydrogen-bond acceptors (Lipinski definition) is 3. The lowest BCUT2D eigenvalue weighted by Gasteiger charge is -2.27. The van der Waals surface area contributed by atoms with Crippen molar-refractivity contribution in [2.24, 2.45) is 11.3 Å². The second kappa shape index (κ2) is 9.90. The molecule has 0 radical (unpaired) electrons. The maximum atomic E-state index is 12.8. The van der Waals surface area contributed by atoms with Crippen LogP contribution in [-0.2, 0) is 16.0 Å². The molecule has 2 atom stereocenters. The minimum atomic E-state index is -0.0862. The Balaban J connectivity index is 1.76. The fraction of sp³-hybridized carbons (Fsp3) is 0.462. The number of amides is 2. The van der Waals surface area contributed by atoms with Gasteiger partial charge in [-0.05, 0) is 53.5 Å². The third kappa shape index (κ3) is 6.13. The van der Waals surface area contributed by atoms with Crippen molar-refractivity contribution in [1.82, 2.24) is 0 Å². The van der Waals surface area contributed by atoms with Gasteiger partial charge < -0.3 is 5.32 Å². The number of benzene rings is 2. The van der Waals surface area contributed by atoms with Crippen LogP contribution in [0.25, 0.3) is 0 Å². The van der Waals surface area contributed by atoms with Gasteiger partial charge in [-0.25, -0.2) is 0 Å². The molecule has 1 saturated heterocycles. The molecular formula is C26H34N2O2S. The van der Waals surface area contributed by atoms with Crippen LogP contribution in [0.5, 0.6) is 0 Å². The largest absolute Gasteiger partial charge is 0.326 e. The predicted octanol–water partition coefficient (Wildman–Crippen LogP) is 6.43. The normalized spacial score (nSPS) is 17.6. The van der Waals surface area contributed by atoms with E-state index in [1.807, 2.05) is 47.4 Å². The number of carbonyl (C=O) groups is 2. The van der Waals surface area contributed by atoms with E-state index in [4.69, 9.17) is 0 Å². The summed E-state index contributed by atoms with van der Waals surface area (Å²) in [5.41, 5.74) is 4.18. The molecule has 2 aromatic carbocycles. The number of carbonyl (C=O) groups excluding carboxylic acids is 2. The highest BCUT2D eigenvalue weighted by Crippen LogP contribution is 2.43. The molecule has 0 spiro atoms. The Labute approximate surface area is 190 Å². The molecule has 2 amide bonds. The minimum absolute atomic E-state index is 0.0391. The third-order valence-electron chi connectivity index (χ3n) is 5.45. The molecule has 1 heterocycles. The van der Waals surface area contributed by atoms with Gasteiger partial charge in [0.05, 0.1) is 5.75 Å². The van der Waals surface area contributed by atoms with Crippen molar-refractivity contribution in [1.29, 1.82) is 0 Å². The van der Waals surface area contributed by atoms with E-state index in [0.29, 0.717) is 18.1 Å². The second-order valence-corrected chi connectivity index (χ2v) is 10.7. The fourth-order valence-electron chi connectivity index (χ4n) is 4.39. The highest BCUT2D eigenvalue weighted by atomic mass is 32.2. The Morgan fingerprint density at radius 3 is 2.65 bits per heavy atom. The van der Waals surface area contributed by atoms with E-state index in [1.165, 1.54) is 5.56 Å². The summed E-state index contributed by atoms with van der Waals surface area (Å²) in [7, 11) is 0. The van der Waals surface area contributed by atoms with Crippen molar-refractivity contribution in [3.05, 3.63) is 59.7 Å². The fourth-order valence-corrected chi connectivity index (χ4v) is 5.55. The second-order valence-electron chi connectivity index (χ2n) is 9.66. The molecule has 5 heteroatoms. The van der Waals surface area contributed by atoms with Crippen LogP contribution in [-0.4, -0.2) is 17.6 Å². The zero-order valence-corrected chi connectivity index (χ0v) is 20.1. The van der Waals surface area contributed by atoms with Crippen LogP contribution in [0, 0.1) is 11.3 Å². The van der Waals surface area contributed by atoms with Gasteiger partial charge in [-0.3, -0.25) is 14.5 Å². The smallest absolute Gasteiger partial charge is 0.238 e. The summed E-state index contributed by atoms with van der Waals surface area (Å²) in [6, 6.07) is 16.0. The quantitative estimate of drug-likeness (QED) is 0.542. The van der Waals surface area contributed by atoms with Crippen molar-refractivity contribution < 1.29 is 9.59 Å². The van der Waals surface area contributed by atoms with E-state index >= 15 is 0 Å². The molecule has 1 aliphatic heterocycles. The molecule has 0 aromatic heterocycles. The summed E-state index contributed by atoms with van der Waals surface area (Å²) in [4.78, 5) is 27.3. The standard InChI is InChI=1S/C26H34N2O2S/c1-6-19-10-7-8-13-22(19)28-24(30)17-31-25(28)20-11-9-12-21(15-20)27-23(29)14-18(2)16-26(3,4)5/h7-13,15,18,25H,6,14,16-17H2,1-5H3,(H,27,29)/t18-,25-/m0/s1. The molecule has 1 aliphatic rings. The van der Waals surface area contributed by atoms with Gasteiger partial charge in [0.1, 0.15) is 5.37 Å². The first-order valence-corrected chi connectivity index (χ1v) is 12.1. The lowest BCUT2D eigenvalue weighted by Crippen LogP contribution is -2.28. The molecular weight excluding hydrogens is 404 g/mol. The van der Waals surface area contributed by atoms with Crippen LogP contribution < -0.4 is 10.2 Å². The van der Waals surface area contributed by atoms with E-state index in [9.17, 15) is 9.59 Å². The highest BCUT2D eigenvalue weighted by molar-refractivity contribution is 8.00. The molecule has 0 unspecified atom stereocenters. The monoisotopic (exact) mass is 438 g/mol. The number of nitrogens with one attached hydrogen (secondary N) is 1. The number of thioether (sulfide) groups is 1. The SMILES string of the molecule is CCc1ccccc1N1C(=O)CS[C@H]1c1cccc(NC(=O)C[C@H](C)CC(C)(C)C)c1. The van der Waals surface area contributed by atoms with Crippen molar-refractivity contribution in [3.8, 4) is 0 Å². The van der Waals surface area contributed by atoms with Crippen LogP contribution in [0.3, 0.4) is 0 Å². The lowest BCUT2D eigenvalue weighted by molar-refractivity contribution is -0.117. The number of anilines is 2. The molecule has 166 valence electrons. The molecule has 1 N–H and O–H groups in total. The number of para-hydroxylation sites is 1. The topological polar surface area (TPSA) is 49.4 Å². The Hall–Kier alpha value is -2.27. The van der Waals surface area contributed by atoms with E-state index in [2.05, 4.69) is 46.0 Å². The molecule has 0 bridgehead atoms. The van der Waals surface area contributed by atoms with Gasteiger partial charge in [-0.15, -0.1) is 11.8 Å². The third-order valence-corrected chi connectivity index (χ3v) is 6.66. The number of nitrogens with zero attached hydrogens (tertiary/aromatic N) is 1. The van der Waals surface area contributed by atoms with E-state index in [1.54, 1.807) is 11.8 Å². The first-order chi connectivity index (χ1) is 14.7. The van der Waals surface area contributed by atoms with Gasteiger partial charge in [0.25, 0.3) is 0 Å². The Bertz CT molecular complexity index is 935. The van der Waals surface area contributed by atoms with Gasteiger partial charge in [0.2, 0.25) is 11.8 Å². The van der Waals surface area contributed by atoms with Gasteiger partial charge in [0.15, 0.2) is 0 Å². The summed E-state index contributed by atoms with van der Waals surface area (Å²) in [6.07, 6.45) is 2.39. The maximum absolute atomic E-state index is 12.8. The van der Waals surface area contributed by atoms with Crippen LogP contribution in [0.4, 0.5) is 11.4 Å². The summed E-state index contributed by atoms with van der Waals surface area (Å²) in [6.45, 7) is 10.8. The van der Waals surface area contributed by atoms with Crippen molar-refractivity contribution in [2.75, 3.05) is 16.0 Å². The van der Waals surface area contributed by atoms with E-state index in [-0.39, 0.29) is 22.6 Å². The van der Waals surface area contributed by atoms with E-state index < -0.39 is 0 Å². The average Bonchev–Trinajstić information content (AvgIpc) is 3.07. The Kier molecular flexibility index (Phi) is 7.47. The first-order valence-electron chi connectivity index (χ1n) is 11.1. The van der Waals surface area contributed by atoms with Gasteiger partial charge >= 0.3 is 0 Å². The molecule has 4 nitrogen and oxygen atoms in total. The van der Waals surface area contributed by atoms with Crippen molar-refractivity contribution in [2.45, 2.75) is 59.3 Å². The van der Waals surface area contributed by atoms with Gasteiger partial charge in [-0.2, -0.15) is 0 Å². The average molecular weight is 439 g/mol. The molecule has 0 saturated carbocycles. The van der Waals surface area contributed by atoms with Gasteiger partial charge in [0, 0.05) is 17.8 Å². The number of hydrogen-bond donors (Lipinski definition) is 1. The summed E-state index contributed by atoms with van der Waals surface area (Å²) in [5.74, 6) is 0.953. The van der Waals surface area contributed by atoms with Crippen LogP contribution in [0.2, 0.25) is 0 Å². The van der Waals surface area contributed by atoms with Crippen LogP contribution in [0.15, 0.2) is 48.5 Å². The molecule has 2 aromatic rings. The first kappa shape index (κ1) is 23.4. The summed E-state index contributed by atoms with van der Waals surface area (Å²) < 4.78 is 0. The zero-order chi connectivity index (χ0) is 22.6. The number of aryl methyl sites for hydroxylation is 1. The Morgan fingerprint density at radius 2 is 1.94 bits per heavy atom. The minimum Gasteiger partial charge on any atom is -0.326 e. The van der Waals surface area contributed by atoms with E-state index in [0.717, 1.165) is 29.8 Å². The summed E-state index contributed by atoms with van der Waals surface area (Å²) >= 11 is 1.63. The van der Waals surface area contributed by atoms with Crippen molar-refractivity contribution in [3.63, 3.8) is 0 Å². The van der Waals surface area contributed by atoms with Crippen molar-refractivity contribution >= 4 is 35.0 Å². The van der Waals surface area contributed by atoms with Gasteiger partial charge in [-0.1, -0.05) is 65.0 Å². The predicted molar refractivity (Wildman–Crippen MR) is 131 cm³/mol. The van der Waals surface area contributed by atoms with Crippen LogP contribution >= 0.6 is 11.8 Å². The summed E-state index contributed by atoms with van der Waals surface area (Å²) in [5, 5.41) is 2.97. The lowest BCUT2D eigenvalue weighted by atomic mass is 9.84. The van der Waals surface area contributed by atoms with Crippen LogP contribution in [0.1, 0.15) is 64.0 Å². The molecule has 3 rings (SSSR count). The molecule has 0 aliphatic carbocycles. The maximum Gasteiger partial charge on any atom is 0.238 e. The Morgan fingerprint density at radius 1 is 1.19 bits per heavy atom. The highest BCUT2D eigenvalue weighted by Gasteiger charge is 2.35. The number of rotatable bonds is 7. The molecule has 1 fully saturated rings. The zero-order valence-electron chi connectivity index (χ0n) is 19.3.